The number of hydrogen-bond acceptors (Lipinski definition) is 8. The molecule has 3 rings (SSSR count). The second-order valence-corrected chi connectivity index (χ2v) is 9.13. The zero-order valence-electron chi connectivity index (χ0n) is 23.7. The van der Waals surface area contributed by atoms with Crippen molar-refractivity contribution in [1.82, 2.24) is 0 Å². The van der Waals surface area contributed by atoms with Crippen LogP contribution in [-0.4, -0.2) is 50.2 Å². The van der Waals surface area contributed by atoms with E-state index >= 15 is 0 Å². The summed E-state index contributed by atoms with van der Waals surface area (Å²) in [4.78, 5) is 24.8. The minimum Gasteiger partial charge on any atom is -0.504 e. The number of phenolic OH excluding ortho intramolecular Hbond substituents is 2. The van der Waals surface area contributed by atoms with Crippen LogP contribution < -0.4 is 18.9 Å². The Morgan fingerprint density at radius 2 is 1.22 bits per heavy atom. The van der Waals surface area contributed by atoms with E-state index in [1.165, 1.54) is 32.4 Å². The molecule has 8 heteroatoms. The van der Waals surface area contributed by atoms with Crippen molar-refractivity contribution in [2.75, 3.05) is 28.4 Å². The third kappa shape index (κ3) is 8.25. The van der Waals surface area contributed by atoms with Crippen molar-refractivity contribution in [1.29, 1.82) is 0 Å². The first-order chi connectivity index (χ1) is 19.7. The van der Waals surface area contributed by atoms with Gasteiger partial charge in [-0.3, -0.25) is 9.59 Å². The molecule has 0 aliphatic heterocycles. The average molecular weight is 559 g/mol. The number of methoxy groups -OCH3 is 4. The smallest absolute Gasteiger partial charge is 0.163 e. The molecule has 3 aromatic carbocycles. The van der Waals surface area contributed by atoms with Crippen LogP contribution in [0.4, 0.5) is 0 Å². The molecular formula is C33H34O8. The predicted octanol–water partition coefficient (Wildman–Crippen LogP) is 6.20. The predicted molar refractivity (Wildman–Crippen MR) is 159 cm³/mol. The first kappa shape index (κ1) is 30.6. The van der Waals surface area contributed by atoms with Crippen molar-refractivity contribution in [3.05, 3.63) is 89.0 Å². The van der Waals surface area contributed by atoms with Gasteiger partial charge in [0, 0.05) is 11.5 Å². The monoisotopic (exact) mass is 558 g/mol. The van der Waals surface area contributed by atoms with Crippen LogP contribution in [-0.2, 0) is 9.59 Å². The Kier molecular flexibility index (Phi) is 10.7. The minimum absolute atomic E-state index is 0.00590. The summed E-state index contributed by atoms with van der Waals surface area (Å²) in [5.74, 6) is 0.842. The van der Waals surface area contributed by atoms with E-state index in [0.29, 0.717) is 28.2 Å². The summed E-state index contributed by atoms with van der Waals surface area (Å²) in [7, 11) is 6.04. The molecule has 3 aromatic rings. The maximum Gasteiger partial charge on any atom is 0.163 e. The summed E-state index contributed by atoms with van der Waals surface area (Å²) in [5, 5.41) is 20.5. The number of allylic oxidation sites excluding steroid dienone is 3. The van der Waals surface area contributed by atoms with Gasteiger partial charge >= 0.3 is 0 Å². The number of benzene rings is 3. The molecule has 1 atom stereocenters. The van der Waals surface area contributed by atoms with Gasteiger partial charge in [0.05, 0.1) is 34.9 Å². The van der Waals surface area contributed by atoms with E-state index in [9.17, 15) is 19.8 Å². The molecule has 0 saturated heterocycles. The van der Waals surface area contributed by atoms with Crippen molar-refractivity contribution in [2.45, 2.75) is 19.3 Å². The molecule has 8 nitrogen and oxygen atoms in total. The van der Waals surface area contributed by atoms with E-state index in [2.05, 4.69) is 0 Å². The molecule has 0 aromatic heterocycles. The van der Waals surface area contributed by atoms with Crippen molar-refractivity contribution in [2.24, 2.45) is 0 Å². The molecule has 0 radical (unpaired) electrons. The van der Waals surface area contributed by atoms with Crippen molar-refractivity contribution < 1.29 is 38.7 Å². The van der Waals surface area contributed by atoms with Gasteiger partial charge in [-0.15, -0.1) is 0 Å². The van der Waals surface area contributed by atoms with Gasteiger partial charge in [-0.1, -0.05) is 43.4 Å². The summed E-state index contributed by atoms with van der Waals surface area (Å²) in [6.07, 6.45) is 9.31. The van der Waals surface area contributed by atoms with Gasteiger partial charge in [0.2, 0.25) is 0 Å². The summed E-state index contributed by atoms with van der Waals surface area (Å²) in [5.41, 5.74) is 2.78. The fourth-order valence-electron chi connectivity index (χ4n) is 4.03. The summed E-state index contributed by atoms with van der Waals surface area (Å²) in [6, 6.07) is 13.6. The zero-order valence-corrected chi connectivity index (χ0v) is 23.7. The molecule has 0 fully saturated rings. The van der Waals surface area contributed by atoms with Gasteiger partial charge in [-0.25, -0.2) is 0 Å². The number of rotatable bonds is 13. The molecular weight excluding hydrogens is 524 g/mol. The number of carbonyl (C=O) groups is 2. The fraction of sp³-hybridized carbons (Fsp3) is 0.212. The van der Waals surface area contributed by atoms with Gasteiger partial charge in [0.1, 0.15) is 0 Å². The maximum absolute atomic E-state index is 12.5. The lowest BCUT2D eigenvalue weighted by molar-refractivity contribution is -0.121. The number of phenols is 2. The highest BCUT2D eigenvalue weighted by atomic mass is 16.5. The molecule has 41 heavy (non-hydrogen) atoms. The third-order valence-corrected chi connectivity index (χ3v) is 6.30. The highest BCUT2D eigenvalue weighted by Crippen LogP contribution is 2.37. The highest BCUT2D eigenvalue weighted by molar-refractivity contribution is 6.10. The van der Waals surface area contributed by atoms with Crippen LogP contribution >= 0.6 is 0 Å². The minimum atomic E-state index is -0.377. The lowest BCUT2D eigenvalue weighted by Crippen LogP contribution is -2.02. The van der Waals surface area contributed by atoms with Crippen LogP contribution in [0.1, 0.15) is 41.5 Å². The van der Waals surface area contributed by atoms with Crippen LogP contribution in [0.15, 0.2) is 66.8 Å². The summed E-state index contributed by atoms with van der Waals surface area (Å²) >= 11 is 0. The molecule has 214 valence electrons. The fourth-order valence-corrected chi connectivity index (χ4v) is 4.03. The third-order valence-electron chi connectivity index (χ3n) is 6.30. The standard InChI is InChI=1S/C33H34O8/c1-21(6-7-22-11-15-29(38-2)31(18-22)40-4)27-16-24(19-32(41-5)33(27)37)9-13-26(35)20-25(34)12-8-23-10-14-28(36)30(17-23)39-3/h6-19,21,36-37H,20H2,1-5H3/b7-6+,12-8+,13-9+. The van der Waals surface area contributed by atoms with Crippen molar-refractivity contribution >= 4 is 29.8 Å². The van der Waals surface area contributed by atoms with Crippen molar-refractivity contribution in [3.8, 4) is 34.5 Å². The normalized spacial score (nSPS) is 12.1. The summed E-state index contributed by atoms with van der Waals surface area (Å²) < 4.78 is 21.1. The molecule has 0 aliphatic carbocycles. The molecule has 0 heterocycles. The van der Waals surface area contributed by atoms with Crippen LogP contribution in [0.5, 0.6) is 34.5 Å². The zero-order chi connectivity index (χ0) is 29.9. The number of carbonyl (C=O) groups excluding carboxylic acids is 2. The van der Waals surface area contributed by atoms with Crippen LogP contribution in [0, 0.1) is 0 Å². The Morgan fingerprint density at radius 3 is 1.85 bits per heavy atom. The van der Waals surface area contributed by atoms with Crippen LogP contribution in [0.25, 0.3) is 18.2 Å². The Labute approximate surface area is 239 Å². The van der Waals surface area contributed by atoms with E-state index in [-0.39, 0.29) is 46.9 Å². The van der Waals surface area contributed by atoms with E-state index < -0.39 is 0 Å². The average Bonchev–Trinajstić information content (AvgIpc) is 2.98. The van der Waals surface area contributed by atoms with Gasteiger partial charge < -0.3 is 29.2 Å². The number of ketones is 2. The van der Waals surface area contributed by atoms with Crippen LogP contribution in [0.2, 0.25) is 0 Å². The molecule has 0 amide bonds. The number of aromatic hydroxyl groups is 2. The highest BCUT2D eigenvalue weighted by Gasteiger charge is 2.15. The Balaban J connectivity index is 1.72. The van der Waals surface area contributed by atoms with Crippen LogP contribution in [0.3, 0.4) is 0 Å². The first-order valence-electron chi connectivity index (χ1n) is 12.8. The second-order valence-electron chi connectivity index (χ2n) is 9.13. The quantitative estimate of drug-likeness (QED) is 0.188. The molecule has 0 spiro atoms. The molecule has 0 bridgehead atoms. The topological polar surface area (TPSA) is 112 Å². The molecule has 1 unspecified atom stereocenters. The lowest BCUT2D eigenvalue weighted by Gasteiger charge is -2.14. The molecule has 2 N–H and O–H groups in total. The SMILES string of the molecule is COc1cc(/C=C/C(=O)CC(=O)/C=C/c2cc(OC)c(O)c(C(C)/C=C/c3ccc(OC)c(OC)c3)c2)ccc1O. The van der Waals surface area contributed by atoms with Gasteiger partial charge in [0.15, 0.2) is 46.1 Å². The molecule has 0 aliphatic rings. The summed E-state index contributed by atoms with van der Waals surface area (Å²) in [6.45, 7) is 1.93. The maximum atomic E-state index is 12.5. The van der Waals surface area contributed by atoms with Crippen molar-refractivity contribution in [3.63, 3.8) is 0 Å². The Morgan fingerprint density at radius 1 is 0.683 bits per heavy atom. The Bertz CT molecular complexity index is 1480. The van der Waals surface area contributed by atoms with E-state index in [1.807, 2.05) is 37.3 Å². The number of ether oxygens (including phenoxy) is 4. The largest absolute Gasteiger partial charge is 0.504 e. The lowest BCUT2D eigenvalue weighted by atomic mass is 9.95. The Hall–Kier alpha value is -4.98. The van der Waals surface area contributed by atoms with E-state index in [0.717, 1.165) is 5.56 Å². The van der Waals surface area contributed by atoms with E-state index in [4.69, 9.17) is 18.9 Å². The van der Waals surface area contributed by atoms with Gasteiger partial charge in [-0.05, 0) is 65.2 Å². The second kappa shape index (κ2) is 14.4. The first-order valence-corrected chi connectivity index (χ1v) is 12.8. The van der Waals surface area contributed by atoms with E-state index in [1.54, 1.807) is 50.6 Å². The van der Waals surface area contributed by atoms with Gasteiger partial charge in [-0.2, -0.15) is 0 Å². The van der Waals surface area contributed by atoms with Gasteiger partial charge in [0.25, 0.3) is 0 Å². The molecule has 0 saturated carbocycles. The number of hydrogen-bond donors (Lipinski definition) is 2.